The van der Waals surface area contributed by atoms with E-state index in [2.05, 4.69) is 35.4 Å². The molecule has 21 heavy (non-hydrogen) atoms. The third-order valence-corrected chi connectivity index (χ3v) is 3.23. The van der Waals surface area contributed by atoms with Crippen molar-refractivity contribution in [2.24, 2.45) is 0 Å². The molecule has 0 radical (unpaired) electrons. The molecule has 0 bridgehead atoms. The van der Waals surface area contributed by atoms with Crippen molar-refractivity contribution in [2.45, 2.75) is 32.7 Å². The van der Waals surface area contributed by atoms with Gasteiger partial charge in [-0.05, 0) is 37.1 Å². The average molecular weight is 285 g/mol. The first-order valence-electron chi connectivity index (χ1n) is 7.58. The molecule has 0 spiro atoms. The molecule has 0 saturated heterocycles. The summed E-state index contributed by atoms with van der Waals surface area (Å²) < 4.78 is 5.89. The van der Waals surface area contributed by atoms with Gasteiger partial charge in [0, 0.05) is 11.8 Å². The second-order valence-electron chi connectivity index (χ2n) is 4.95. The van der Waals surface area contributed by atoms with Crippen LogP contribution in [-0.4, -0.2) is 23.3 Å². The third kappa shape index (κ3) is 4.26. The molecular formula is C17H23N3O. The van der Waals surface area contributed by atoms with E-state index in [0.717, 1.165) is 42.9 Å². The molecule has 2 rings (SSSR count). The Labute approximate surface area is 126 Å². The first kappa shape index (κ1) is 15.4. The maximum Gasteiger partial charge on any atom is 0.124 e. The van der Waals surface area contributed by atoms with Gasteiger partial charge in [-0.1, -0.05) is 32.0 Å². The van der Waals surface area contributed by atoms with E-state index in [1.165, 1.54) is 0 Å². The number of rotatable bonds is 8. The molecule has 4 heteroatoms. The van der Waals surface area contributed by atoms with Crippen LogP contribution < -0.4 is 10.1 Å². The lowest BCUT2D eigenvalue weighted by molar-refractivity contribution is 0.311. The zero-order chi connectivity index (χ0) is 14.9. The van der Waals surface area contributed by atoms with Gasteiger partial charge in [-0.15, -0.1) is 0 Å². The molecule has 0 saturated carbocycles. The van der Waals surface area contributed by atoms with Crippen molar-refractivity contribution < 1.29 is 4.74 Å². The zero-order valence-electron chi connectivity index (χ0n) is 12.7. The second kappa shape index (κ2) is 8.37. The largest absolute Gasteiger partial charge is 0.493 e. The molecule has 1 N–H and O–H groups in total. The van der Waals surface area contributed by atoms with Crippen LogP contribution >= 0.6 is 0 Å². The van der Waals surface area contributed by atoms with Crippen LogP contribution in [0.15, 0.2) is 42.7 Å². The van der Waals surface area contributed by atoms with E-state index in [0.29, 0.717) is 0 Å². The van der Waals surface area contributed by atoms with Gasteiger partial charge in [0.25, 0.3) is 0 Å². The normalized spacial score (nSPS) is 12.1. The summed E-state index contributed by atoms with van der Waals surface area (Å²) in [6, 6.07) is 10.3. The van der Waals surface area contributed by atoms with Gasteiger partial charge < -0.3 is 10.1 Å². The highest BCUT2D eigenvalue weighted by atomic mass is 16.5. The highest BCUT2D eigenvalue weighted by molar-refractivity contribution is 5.40. The summed E-state index contributed by atoms with van der Waals surface area (Å²) >= 11 is 0. The number of aromatic nitrogens is 2. The highest BCUT2D eigenvalue weighted by Gasteiger charge is 2.17. The number of ether oxygens (including phenoxy) is 1. The van der Waals surface area contributed by atoms with Crippen LogP contribution in [0.5, 0.6) is 5.75 Å². The molecule has 0 aliphatic rings. The van der Waals surface area contributed by atoms with Crippen molar-refractivity contribution in [1.82, 2.24) is 15.5 Å². The van der Waals surface area contributed by atoms with Crippen LogP contribution in [0.4, 0.5) is 0 Å². The molecule has 4 nitrogen and oxygen atoms in total. The summed E-state index contributed by atoms with van der Waals surface area (Å²) in [5.74, 6) is 0.935. The molecule has 1 heterocycles. The standard InChI is InChI=1S/C17H23N3O/c1-3-10-18-17(14-9-11-19-20-13-14)15-7-5-6-8-16(15)21-12-4-2/h5-9,11,13,17-18H,3-4,10,12H2,1-2H3. The first-order chi connectivity index (χ1) is 10.4. The molecule has 0 aliphatic carbocycles. The molecule has 1 aromatic carbocycles. The van der Waals surface area contributed by atoms with E-state index in [4.69, 9.17) is 4.74 Å². The maximum absolute atomic E-state index is 5.89. The molecule has 0 amide bonds. The predicted octanol–water partition coefficient (Wildman–Crippen LogP) is 3.35. The van der Waals surface area contributed by atoms with Gasteiger partial charge >= 0.3 is 0 Å². The Bertz CT molecular complexity index is 531. The van der Waals surface area contributed by atoms with Crippen LogP contribution in [0.1, 0.15) is 43.9 Å². The fourth-order valence-corrected chi connectivity index (χ4v) is 2.23. The Morgan fingerprint density at radius 1 is 1.10 bits per heavy atom. The van der Waals surface area contributed by atoms with Crippen LogP contribution in [0.3, 0.4) is 0 Å². The molecule has 1 aromatic heterocycles. The van der Waals surface area contributed by atoms with Gasteiger partial charge in [0.1, 0.15) is 5.75 Å². The Kier molecular flexibility index (Phi) is 6.16. The molecule has 1 unspecified atom stereocenters. The summed E-state index contributed by atoms with van der Waals surface area (Å²) in [6.45, 7) is 5.94. The lowest BCUT2D eigenvalue weighted by Crippen LogP contribution is -2.24. The van der Waals surface area contributed by atoms with Crippen LogP contribution in [0.25, 0.3) is 0 Å². The van der Waals surface area contributed by atoms with Crippen molar-refractivity contribution in [3.63, 3.8) is 0 Å². The van der Waals surface area contributed by atoms with E-state index in [1.807, 2.05) is 30.5 Å². The quantitative estimate of drug-likeness (QED) is 0.808. The summed E-state index contributed by atoms with van der Waals surface area (Å²) in [4.78, 5) is 0. The summed E-state index contributed by atoms with van der Waals surface area (Å²) in [5, 5.41) is 11.4. The molecule has 0 aliphatic heterocycles. The second-order valence-corrected chi connectivity index (χ2v) is 4.95. The fourth-order valence-electron chi connectivity index (χ4n) is 2.23. The van der Waals surface area contributed by atoms with E-state index < -0.39 is 0 Å². The van der Waals surface area contributed by atoms with Crippen molar-refractivity contribution in [3.05, 3.63) is 53.9 Å². The van der Waals surface area contributed by atoms with Crippen molar-refractivity contribution in [3.8, 4) is 5.75 Å². The Balaban J connectivity index is 2.32. The number of benzene rings is 1. The average Bonchev–Trinajstić information content (AvgIpc) is 2.55. The van der Waals surface area contributed by atoms with Crippen molar-refractivity contribution in [2.75, 3.05) is 13.2 Å². The molecular weight excluding hydrogens is 262 g/mol. The van der Waals surface area contributed by atoms with E-state index in [9.17, 15) is 0 Å². The van der Waals surface area contributed by atoms with E-state index >= 15 is 0 Å². The Hall–Kier alpha value is -1.94. The first-order valence-corrected chi connectivity index (χ1v) is 7.58. The maximum atomic E-state index is 5.89. The van der Waals surface area contributed by atoms with Crippen molar-refractivity contribution >= 4 is 0 Å². The number of hydrogen-bond donors (Lipinski definition) is 1. The minimum atomic E-state index is 0.0773. The van der Waals surface area contributed by atoms with Gasteiger partial charge in [0.15, 0.2) is 0 Å². The van der Waals surface area contributed by atoms with Crippen LogP contribution in [0.2, 0.25) is 0 Å². The fraction of sp³-hybridized carbons (Fsp3) is 0.412. The van der Waals surface area contributed by atoms with Crippen LogP contribution in [0, 0.1) is 0 Å². The van der Waals surface area contributed by atoms with Gasteiger partial charge in [-0.25, -0.2) is 0 Å². The Morgan fingerprint density at radius 3 is 2.67 bits per heavy atom. The van der Waals surface area contributed by atoms with E-state index in [-0.39, 0.29) is 6.04 Å². The van der Waals surface area contributed by atoms with Gasteiger partial charge in [0.2, 0.25) is 0 Å². The van der Waals surface area contributed by atoms with Gasteiger partial charge in [-0.3, -0.25) is 0 Å². The lowest BCUT2D eigenvalue weighted by atomic mass is 9.99. The van der Waals surface area contributed by atoms with Crippen LogP contribution in [-0.2, 0) is 0 Å². The predicted molar refractivity (Wildman–Crippen MR) is 84.4 cm³/mol. The summed E-state index contributed by atoms with van der Waals surface area (Å²) in [6.07, 6.45) is 5.61. The monoisotopic (exact) mass is 285 g/mol. The van der Waals surface area contributed by atoms with Crippen molar-refractivity contribution in [1.29, 1.82) is 0 Å². The molecule has 112 valence electrons. The topological polar surface area (TPSA) is 47.0 Å². The number of nitrogens with one attached hydrogen (secondary N) is 1. The molecule has 1 atom stereocenters. The minimum absolute atomic E-state index is 0.0773. The highest BCUT2D eigenvalue weighted by Crippen LogP contribution is 2.29. The minimum Gasteiger partial charge on any atom is -0.493 e. The van der Waals surface area contributed by atoms with E-state index in [1.54, 1.807) is 6.20 Å². The SMILES string of the molecule is CCCNC(c1ccnnc1)c1ccccc1OCCC. The zero-order valence-corrected chi connectivity index (χ0v) is 12.7. The number of para-hydroxylation sites is 1. The molecule has 2 aromatic rings. The summed E-state index contributed by atoms with van der Waals surface area (Å²) in [7, 11) is 0. The Morgan fingerprint density at radius 2 is 1.95 bits per heavy atom. The van der Waals surface area contributed by atoms with Gasteiger partial charge in [0.05, 0.1) is 18.8 Å². The van der Waals surface area contributed by atoms with Gasteiger partial charge in [-0.2, -0.15) is 10.2 Å². The smallest absolute Gasteiger partial charge is 0.124 e. The summed E-state index contributed by atoms with van der Waals surface area (Å²) in [5.41, 5.74) is 2.25. The number of hydrogen-bond acceptors (Lipinski definition) is 4. The lowest BCUT2D eigenvalue weighted by Gasteiger charge is -2.22. The number of nitrogens with zero attached hydrogens (tertiary/aromatic N) is 2. The molecule has 0 fully saturated rings. The third-order valence-electron chi connectivity index (χ3n) is 3.23.